The van der Waals surface area contributed by atoms with Crippen molar-refractivity contribution in [3.63, 3.8) is 0 Å². The average molecular weight is 209 g/mol. The van der Waals surface area contributed by atoms with Gasteiger partial charge >= 0.3 is 0 Å². The molecular formula is C14H11NO. The quantitative estimate of drug-likeness (QED) is 0.612. The van der Waals surface area contributed by atoms with Crippen molar-refractivity contribution in [2.45, 2.75) is 6.92 Å². The number of rotatable bonds is 1. The zero-order valence-corrected chi connectivity index (χ0v) is 8.95. The third-order valence-electron chi connectivity index (χ3n) is 2.91. The van der Waals surface area contributed by atoms with Gasteiger partial charge in [-0.05, 0) is 30.7 Å². The second-order valence-electron chi connectivity index (χ2n) is 4.07. The van der Waals surface area contributed by atoms with Crippen molar-refractivity contribution in [3.8, 4) is 0 Å². The third-order valence-corrected chi connectivity index (χ3v) is 2.91. The molecule has 1 heterocycles. The highest BCUT2D eigenvalue weighted by molar-refractivity contribution is 6.14. The maximum atomic E-state index is 11.1. The number of fused-ring (bicyclic) bond motifs is 3. The minimum absolute atomic E-state index is 0.757. The normalized spacial score (nSPS) is 11.1. The van der Waals surface area contributed by atoms with Crippen LogP contribution in [-0.4, -0.2) is 11.3 Å². The summed E-state index contributed by atoms with van der Waals surface area (Å²) >= 11 is 0. The molecule has 0 bridgehead atoms. The fraction of sp³-hybridized carbons (Fsp3) is 0.0714. The molecule has 1 aromatic heterocycles. The SMILES string of the molecule is Cc1cc(C=O)c2c(c1)[nH]c1ccccc12. The summed E-state index contributed by atoms with van der Waals surface area (Å²) in [6.07, 6.45) is 0.926. The van der Waals surface area contributed by atoms with E-state index in [0.717, 1.165) is 39.2 Å². The molecule has 2 heteroatoms. The van der Waals surface area contributed by atoms with Crippen LogP contribution >= 0.6 is 0 Å². The molecule has 78 valence electrons. The van der Waals surface area contributed by atoms with Gasteiger partial charge in [0.05, 0.1) is 0 Å². The van der Waals surface area contributed by atoms with Gasteiger partial charge in [0.25, 0.3) is 0 Å². The van der Waals surface area contributed by atoms with E-state index in [4.69, 9.17) is 0 Å². The van der Waals surface area contributed by atoms with E-state index in [1.54, 1.807) is 0 Å². The number of carbonyl (C=O) groups is 1. The molecule has 0 amide bonds. The van der Waals surface area contributed by atoms with E-state index in [1.807, 2.05) is 37.3 Å². The lowest BCUT2D eigenvalue weighted by molar-refractivity contribution is 0.112. The van der Waals surface area contributed by atoms with Gasteiger partial charge in [0.15, 0.2) is 6.29 Å². The van der Waals surface area contributed by atoms with Gasteiger partial charge in [0.1, 0.15) is 0 Å². The molecule has 16 heavy (non-hydrogen) atoms. The minimum atomic E-state index is 0.757. The number of aldehydes is 1. The first-order chi connectivity index (χ1) is 7.79. The summed E-state index contributed by atoms with van der Waals surface area (Å²) < 4.78 is 0. The molecule has 0 saturated heterocycles. The van der Waals surface area contributed by atoms with Crippen LogP contribution in [0.5, 0.6) is 0 Å². The molecule has 0 aliphatic heterocycles. The molecule has 1 N–H and O–H groups in total. The molecule has 3 aromatic rings. The summed E-state index contributed by atoms with van der Waals surface area (Å²) in [5.41, 5.74) is 3.96. The standard InChI is InChI=1S/C14H11NO/c1-9-6-10(8-16)14-11-4-2-3-5-12(11)15-13(14)7-9/h2-8,15H,1H3. The molecule has 0 spiro atoms. The van der Waals surface area contributed by atoms with E-state index in [2.05, 4.69) is 11.1 Å². The summed E-state index contributed by atoms with van der Waals surface area (Å²) in [5, 5.41) is 2.14. The topological polar surface area (TPSA) is 32.9 Å². The van der Waals surface area contributed by atoms with Gasteiger partial charge in [-0.15, -0.1) is 0 Å². The molecule has 0 atom stereocenters. The number of benzene rings is 2. The number of carbonyl (C=O) groups excluding carboxylic acids is 1. The molecule has 3 rings (SSSR count). The van der Waals surface area contributed by atoms with Gasteiger partial charge in [0, 0.05) is 27.4 Å². The van der Waals surface area contributed by atoms with Crippen LogP contribution in [0.2, 0.25) is 0 Å². The van der Waals surface area contributed by atoms with E-state index in [0.29, 0.717) is 0 Å². The van der Waals surface area contributed by atoms with Crippen LogP contribution in [0, 0.1) is 6.92 Å². The predicted molar refractivity (Wildman–Crippen MR) is 65.9 cm³/mol. The molecule has 2 nitrogen and oxygen atoms in total. The highest BCUT2D eigenvalue weighted by atomic mass is 16.1. The summed E-state index contributed by atoms with van der Waals surface area (Å²) in [7, 11) is 0. The predicted octanol–water partition coefficient (Wildman–Crippen LogP) is 3.44. The van der Waals surface area contributed by atoms with Crippen LogP contribution in [0.3, 0.4) is 0 Å². The Hall–Kier alpha value is -2.09. The first kappa shape index (κ1) is 9.16. The number of H-pyrrole nitrogens is 1. The number of nitrogens with one attached hydrogen (secondary N) is 1. The van der Waals surface area contributed by atoms with Crippen molar-refractivity contribution in [1.29, 1.82) is 0 Å². The van der Waals surface area contributed by atoms with Crippen molar-refractivity contribution in [1.82, 2.24) is 4.98 Å². The van der Waals surface area contributed by atoms with Crippen LogP contribution in [0.1, 0.15) is 15.9 Å². The first-order valence-corrected chi connectivity index (χ1v) is 5.26. The number of para-hydroxylation sites is 1. The van der Waals surface area contributed by atoms with Crippen LogP contribution < -0.4 is 0 Å². The summed E-state index contributed by atoms with van der Waals surface area (Å²) in [5.74, 6) is 0. The van der Waals surface area contributed by atoms with Gasteiger partial charge in [0.2, 0.25) is 0 Å². The van der Waals surface area contributed by atoms with Gasteiger partial charge in [-0.2, -0.15) is 0 Å². The second kappa shape index (κ2) is 3.20. The first-order valence-electron chi connectivity index (χ1n) is 5.26. The Balaban J connectivity index is 2.60. The molecule has 2 aromatic carbocycles. The fourth-order valence-electron chi connectivity index (χ4n) is 2.26. The monoisotopic (exact) mass is 209 g/mol. The van der Waals surface area contributed by atoms with Crippen LogP contribution in [-0.2, 0) is 0 Å². The lowest BCUT2D eigenvalue weighted by atomic mass is 10.0. The Morgan fingerprint density at radius 1 is 1.12 bits per heavy atom. The molecule has 0 saturated carbocycles. The number of aromatic nitrogens is 1. The van der Waals surface area contributed by atoms with Crippen molar-refractivity contribution in [2.24, 2.45) is 0 Å². The van der Waals surface area contributed by atoms with Gasteiger partial charge in [-0.3, -0.25) is 4.79 Å². The second-order valence-corrected chi connectivity index (χ2v) is 4.07. The van der Waals surface area contributed by atoms with Crippen LogP contribution in [0.15, 0.2) is 36.4 Å². The molecule has 0 unspecified atom stereocenters. The van der Waals surface area contributed by atoms with Crippen LogP contribution in [0.25, 0.3) is 21.8 Å². The average Bonchev–Trinajstić information content (AvgIpc) is 2.65. The van der Waals surface area contributed by atoms with E-state index in [-0.39, 0.29) is 0 Å². The van der Waals surface area contributed by atoms with E-state index in [9.17, 15) is 4.79 Å². The Bertz CT molecular complexity index is 694. The zero-order chi connectivity index (χ0) is 11.1. The fourth-order valence-corrected chi connectivity index (χ4v) is 2.26. The maximum Gasteiger partial charge on any atom is 0.150 e. The minimum Gasteiger partial charge on any atom is -0.354 e. The smallest absolute Gasteiger partial charge is 0.150 e. The Kier molecular flexibility index (Phi) is 1.83. The van der Waals surface area contributed by atoms with E-state index < -0.39 is 0 Å². The van der Waals surface area contributed by atoms with Gasteiger partial charge in [-0.1, -0.05) is 18.2 Å². The molecule has 0 aliphatic carbocycles. The number of aromatic amines is 1. The van der Waals surface area contributed by atoms with Crippen molar-refractivity contribution in [3.05, 3.63) is 47.5 Å². The Labute approximate surface area is 92.9 Å². The largest absolute Gasteiger partial charge is 0.354 e. The van der Waals surface area contributed by atoms with Crippen molar-refractivity contribution in [2.75, 3.05) is 0 Å². The Morgan fingerprint density at radius 2 is 1.94 bits per heavy atom. The summed E-state index contributed by atoms with van der Waals surface area (Å²) in [6.45, 7) is 2.00. The van der Waals surface area contributed by atoms with Crippen LogP contribution in [0.4, 0.5) is 0 Å². The zero-order valence-electron chi connectivity index (χ0n) is 8.95. The number of hydrogen-bond acceptors (Lipinski definition) is 1. The third kappa shape index (κ3) is 1.16. The van der Waals surface area contributed by atoms with Crippen molar-refractivity contribution < 1.29 is 4.79 Å². The number of hydrogen-bond donors (Lipinski definition) is 1. The maximum absolute atomic E-state index is 11.1. The van der Waals surface area contributed by atoms with E-state index in [1.165, 1.54) is 0 Å². The molecule has 0 radical (unpaired) electrons. The summed E-state index contributed by atoms with van der Waals surface area (Å²) in [6, 6.07) is 12.0. The summed E-state index contributed by atoms with van der Waals surface area (Å²) in [4.78, 5) is 14.4. The lowest BCUT2D eigenvalue weighted by Crippen LogP contribution is -1.83. The molecule has 0 fully saturated rings. The van der Waals surface area contributed by atoms with E-state index >= 15 is 0 Å². The molecular weight excluding hydrogens is 198 g/mol. The molecule has 0 aliphatic rings. The van der Waals surface area contributed by atoms with Gasteiger partial charge < -0.3 is 4.98 Å². The number of aryl methyl sites for hydroxylation is 1. The highest BCUT2D eigenvalue weighted by Crippen LogP contribution is 2.28. The van der Waals surface area contributed by atoms with Crippen molar-refractivity contribution >= 4 is 28.1 Å². The Morgan fingerprint density at radius 3 is 2.75 bits per heavy atom. The highest BCUT2D eigenvalue weighted by Gasteiger charge is 2.08. The lowest BCUT2D eigenvalue weighted by Gasteiger charge is -1.98. The van der Waals surface area contributed by atoms with Gasteiger partial charge in [-0.25, -0.2) is 0 Å².